The third-order valence-electron chi connectivity index (χ3n) is 0. The number of hydrogen-bond acceptors (Lipinski definition) is 2. The molecule has 28 valence electrons. The van der Waals surface area contributed by atoms with Crippen LogP contribution in [0.15, 0.2) is 0 Å². The van der Waals surface area contributed by atoms with Crippen molar-refractivity contribution in [1.82, 2.24) is 6.15 Å². The fourth-order valence-corrected chi connectivity index (χ4v) is 0. The van der Waals surface area contributed by atoms with E-state index in [0.29, 0.717) is 0 Å². The molecular weight excluding hydrogens is 100.0 g/mol. The molecule has 0 saturated heterocycles. The minimum absolute atomic E-state index is 0. The van der Waals surface area contributed by atoms with Crippen molar-refractivity contribution in [2.24, 2.45) is 0 Å². The largest absolute Gasteiger partial charge is 1.00 e. The molecule has 5 heavy (non-hydrogen) atoms. The molecule has 5 heteroatoms. The minimum Gasteiger partial charge on any atom is -1.00 e. The zero-order chi connectivity index (χ0) is 2.71. The van der Waals surface area contributed by atoms with Gasteiger partial charge in [0.1, 0.15) is 0 Å². The molecule has 0 saturated carbocycles. The van der Waals surface area contributed by atoms with Crippen LogP contribution >= 0.6 is 8.69 Å². The molecule has 0 radical (unpaired) electrons. The molecule has 0 bridgehead atoms. The van der Waals surface area contributed by atoms with Gasteiger partial charge in [0.15, 0.2) is 0 Å². The van der Waals surface area contributed by atoms with E-state index in [1.165, 1.54) is 0 Å². The Kier molecular flexibility index (Phi) is 66.1. The second-order valence-corrected chi connectivity index (χ2v) is 0.245. The third-order valence-corrected chi connectivity index (χ3v) is 0. The summed E-state index contributed by atoms with van der Waals surface area (Å²) in [5.41, 5.74) is 0. The van der Waals surface area contributed by atoms with Crippen molar-refractivity contribution in [3.05, 3.63) is 0 Å². The summed E-state index contributed by atoms with van der Waals surface area (Å²) in [6.45, 7) is 0. The summed E-state index contributed by atoms with van der Waals surface area (Å²) in [4.78, 5) is 6.99. The zero-order valence-corrected chi connectivity index (χ0v) is 5.90. The van der Waals surface area contributed by atoms with Crippen LogP contribution in [0.25, 0.3) is 0 Å². The van der Waals surface area contributed by atoms with Crippen LogP contribution in [0.4, 0.5) is 0 Å². The second-order valence-electron chi connectivity index (χ2n) is 0.0816. The van der Waals surface area contributed by atoms with Gasteiger partial charge < -0.3 is 12.5 Å². The molecule has 0 aliphatic heterocycles. The van der Waals surface area contributed by atoms with Gasteiger partial charge >= 0.3 is 38.2 Å². The third kappa shape index (κ3) is 44.0. The SMILES string of the molecule is N.O=PO.[H-].[Na+]. The Balaban J connectivity index is -0.00000000667. The van der Waals surface area contributed by atoms with Crippen molar-refractivity contribution in [3.8, 4) is 0 Å². The molecule has 0 fully saturated rings. The summed E-state index contributed by atoms with van der Waals surface area (Å²) in [5, 5.41) is 0. The molecule has 0 aromatic heterocycles. The fourth-order valence-electron chi connectivity index (χ4n) is 0. The van der Waals surface area contributed by atoms with Crippen molar-refractivity contribution in [2.45, 2.75) is 0 Å². The van der Waals surface area contributed by atoms with Gasteiger partial charge in [0.2, 0.25) is 0 Å². The van der Waals surface area contributed by atoms with Crippen molar-refractivity contribution in [1.29, 1.82) is 0 Å². The minimum atomic E-state index is -0.833. The molecule has 0 aliphatic rings. The monoisotopic (exact) mass is 105 g/mol. The number of rotatable bonds is 0. The molecule has 0 unspecified atom stereocenters. The molecule has 4 N–H and O–H groups in total. The van der Waals surface area contributed by atoms with Crippen LogP contribution < -0.4 is 35.7 Å². The molecule has 0 amide bonds. The van der Waals surface area contributed by atoms with E-state index >= 15 is 0 Å². The Bertz CT molecular complexity index is 21.0. The first-order chi connectivity index (χ1) is 1.41. The van der Waals surface area contributed by atoms with E-state index in [2.05, 4.69) is 0 Å². The Labute approximate surface area is 55.4 Å². The summed E-state index contributed by atoms with van der Waals surface area (Å²) in [5.74, 6) is 0. The Morgan fingerprint density at radius 1 is 1.80 bits per heavy atom. The van der Waals surface area contributed by atoms with Gasteiger partial charge in [0.25, 0.3) is 0 Å². The molecular formula is H5NNaO2P. The van der Waals surface area contributed by atoms with Gasteiger partial charge in [-0.25, -0.2) is 4.57 Å². The van der Waals surface area contributed by atoms with E-state index in [0.717, 1.165) is 0 Å². The van der Waals surface area contributed by atoms with Crippen LogP contribution in [0.1, 0.15) is 1.43 Å². The summed E-state index contributed by atoms with van der Waals surface area (Å²) >= 11 is 0. The normalized spacial score (nSPS) is 4.20. The first-order valence-corrected chi connectivity index (χ1v) is 1.15. The topological polar surface area (TPSA) is 72.3 Å². The van der Waals surface area contributed by atoms with Gasteiger partial charge in [-0.2, -0.15) is 0 Å². The van der Waals surface area contributed by atoms with Gasteiger partial charge in [-0.1, -0.05) is 0 Å². The Hall–Kier alpha value is 1.02. The first kappa shape index (κ1) is 16.6. The van der Waals surface area contributed by atoms with Gasteiger partial charge in [-0.3, -0.25) is 0 Å². The smallest absolute Gasteiger partial charge is 1.00 e. The Morgan fingerprint density at radius 2 is 1.80 bits per heavy atom. The van der Waals surface area contributed by atoms with E-state index < -0.39 is 8.69 Å². The predicted octanol–water partition coefficient (Wildman–Crippen LogP) is -2.54. The van der Waals surface area contributed by atoms with E-state index in [1.807, 2.05) is 0 Å². The number of hydrogen-bond donors (Lipinski definition) is 2. The maximum atomic E-state index is 8.46. The molecule has 0 aromatic carbocycles. The maximum absolute atomic E-state index is 8.46. The maximum Gasteiger partial charge on any atom is 1.00 e. The predicted molar refractivity (Wildman–Crippen MR) is 16.0 cm³/mol. The van der Waals surface area contributed by atoms with Gasteiger partial charge in [0, 0.05) is 0 Å². The first-order valence-electron chi connectivity index (χ1n) is 0.383. The molecule has 0 aromatic rings. The summed E-state index contributed by atoms with van der Waals surface area (Å²) in [6.07, 6.45) is 0. The standard InChI is InChI=1S/H3N.Na.HO2P.H/c;;1-3-2;/h1H3;;(H,1,2);/q;+1;;-1. The quantitative estimate of drug-likeness (QED) is 0.263. The average Bonchev–Trinajstić information content (AvgIpc) is 0.918. The molecule has 0 rings (SSSR count). The van der Waals surface area contributed by atoms with Crippen molar-refractivity contribution in [2.75, 3.05) is 0 Å². The molecule has 0 aliphatic carbocycles. The van der Waals surface area contributed by atoms with Crippen molar-refractivity contribution < 1.29 is 40.4 Å². The van der Waals surface area contributed by atoms with Crippen LogP contribution in [0, 0.1) is 0 Å². The summed E-state index contributed by atoms with van der Waals surface area (Å²) in [6, 6.07) is 0. The van der Waals surface area contributed by atoms with Crippen molar-refractivity contribution in [3.63, 3.8) is 0 Å². The summed E-state index contributed by atoms with van der Waals surface area (Å²) < 4.78 is 8.46. The molecule has 3 nitrogen and oxygen atoms in total. The van der Waals surface area contributed by atoms with Crippen LogP contribution in [-0.2, 0) is 4.57 Å². The van der Waals surface area contributed by atoms with E-state index in [1.54, 1.807) is 0 Å². The van der Waals surface area contributed by atoms with Crippen LogP contribution in [0.2, 0.25) is 0 Å². The van der Waals surface area contributed by atoms with Crippen LogP contribution in [0.3, 0.4) is 0 Å². The van der Waals surface area contributed by atoms with E-state index in [4.69, 9.17) is 9.46 Å². The van der Waals surface area contributed by atoms with Gasteiger partial charge in [-0.15, -0.1) is 0 Å². The van der Waals surface area contributed by atoms with Crippen LogP contribution in [-0.4, -0.2) is 4.89 Å². The fraction of sp³-hybridized carbons (Fsp3) is 0. The van der Waals surface area contributed by atoms with E-state index in [9.17, 15) is 0 Å². The molecule has 0 heterocycles. The Morgan fingerprint density at radius 3 is 1.80 bits per heavy atom. The van der Waals surface area contributed by atoms with Gasteiger partial charge in [0.05, 0.1) is 0 Å². The van der Waals surface area contributed by atoms with Crippen molar-refractivity contribution >= 4 is 8.69 Å². The van der Waals surface area contributed by atoms with E-state index in [-0.39, 0.29) is 37.1 Å². The summed E-state index contributed by atoms with van der Waals surface area (Å²) in [7, 11) is -0.833. The second kappa shape index (κ2) is 19.9. The zero-order valence-electron chi connectivity index (χ0n) is 4.01. The van der Waals surface area contributed by atoms with Crippen LogP contribution in [0.5, 0.6) is 0 Å². The van der Waals surface area contributed by atoms with Gasteiger partial charge in [-0.05, 0) is 0 Å². The molecule has 0 spiro atoms. The average molecular weight is 105 g/mol. The molecule has 0 atom stereocenters.